The predicted molar refractivity (Wildman–Crippen MR) is 78.2 cm³/mol. The number of aromatic nitrogens is 1. The zero-order chi connectivity index (χ0) is 16.1. The summed E-state index contributed by atoms with van der Waals surface area (Å²) in [6, 6.07) is 11.1. The molecule has 1 atom stereocenters. The van der Waals surface area contributed by atoms with Crippen molar-refractivity contribution in [3.8, 4) is 0 Å². The van der Waals surface area contributed by atoms with E-state index >= 15 is 0 Å². The van der Waals surface area contributed by atoms with Crippen LogP contribution >= 0.6 is 0 Å². The van der Waals surface area contributed by atoms with Gasteiger partial charge < -0.3 is 16.2 Å². The molecule has 2 rings (SSSR count). The van der Waals surface area contributed by atoms with Crippen molar-refractivity contribution in [1.82, 2.24) is 4.98 Å². The van der Waals surface area contributed by atoms with E-state index in [4.69, 9.17) is 10.8 Å². The van der Waals surface area contributed by atoms with Crippen LogP contribution in [0.25, 0.3) is 0 Å². The van der Waals surface area contributed by atoms with Crippen LogP contribution in [0.15, 0.2) is 48.7 Å². The highest BCUT2D eigenvalue weighted by Gasteiger charge is 2.31. The summed E-state index contributed by atoms with van der Waals surface area (Å²) in [5.41, 5.74) is 5.30. The second-order valence-corrected chi connectivity index (χ2v) is 4.43. The lowest BCUT2D eigenvalue weighted by atomic mass is 9.98. The van der Waals surface area contributed by atoms with Gasteiger partial charge in [-0.15, -0.1) is 0 Å². The van der Waals surface area contributed by atoms with Crippen LogP contribution < -0.4 is 11.1 Å². The number of aromatic carboxylic acids is 1. The normalized spacial score (nSPS) is 11.5. The largest absolute Gasteiger partial charge is 0.478 e. The number of hydrogen-bond acceptors (Lipinski definition) is 4. The lowest BCUT2D eigenvalue weighted by Gasteiger charge is -2.15. The van der Waals surface area contributed by atoms with Crippen LogP contribution in [0.2, 0.25) is 0 Å². The van der Waals surface area contributed by atoms with E-state index in [0.29, 0.717) is 5.69 Å². The van der Waals surface area contributed by atoms with Crippen LogP contribution in [0, 0.1) is 0 Å². The molecule has 0 radical (unpaired) electrons. The fourth-order valence-electron chi connectivity index (χ4n) is 1.95. The number of pyridine rings is 1. The Balaban J connectivity index is 2.37. The van der Waals surface area contributed by atoms with Gasteiger partial charge >= 0.3 is 5.97 Å². The van der Waals surface area contributed by atoms with Crippen LogP contribution in [0.1, 0.15) is 22.0 Å². The van der Waals surface area contributed by atoms with Gasteiger partial charge in [-0.05, 0) is 24.3 Å². The highest BCUT2D eigenvalue weighted by Crippen LogP contribution is 2.20. The van der Waals surface area contributed by atoms with Crippen molar-refractivity contribution in [2.75, 3.05) is 5.32 Å². The zero-order valence-electron chi connectivity index (χ0n) is 11.4. The lowest BCUT2D eigenvalue weighted by Crippen LogP contribution is -2.34. The molecule has 0 spiro atoms. The Morgan fingerprint density at radius 3 is 2.36 bits per heavy atom. The van der Waals surface area contributed by atoms with Gasteiger partial charge in [0, 0.05) is 11.9 Å². The fraction of sp³-hybridized carbons (Fsp3) is 0.0667. The third-order valence-corrected chi connectivity index (χ3v) is 2.93. The molecule has 0 bridgehead atoms. The molecule has 7 nitrogen and oxygen atoms in total. The van der Waals surface area contributed by atoms with Gasteiger partial charge in [0.15, 0.2) is 5.92 Å². The van der Waals surface area contributed by atoms with E-state index in [1.165, 1.54) is 18.3 Å². The van der Waals surface area contributed by atoms with Gasteiger partial charge in [0.2, 0.25) is 11.8 Å². The van der Waals surface area contributed by atoms with Crippen molar-refractivity contribution in [3.05, 3.63) is 59.9 Å². The molecule has 0 aliphatic carbocycles. The number of para-hydroxylation sites is 1. The fourth-order valence-corrected chi connectivity index (χ4v) is 1.95. The molecule has 0 aliphatic heterocycles. The quantitative estimate of drug-likeness (QED) is 0.710. The van der Waals surface area contributed by atoms with Gasteiger partial charge in [0.1, 0.15) is 0 Å². The minimum atomic E-state index is -1.49. The first-order valence-corrected chi connectivity index (χ1v) is 6.34. The van der Waals surface area contributed by atoms with E-state index in [9.17, 15) is 14.4 Å². The minimum absolute atomic E-state index is 0.184. The summed E-state index contributed by atoms with van der Waals surface area (Å²) in [5, 5.41) is 11.7. The summed E-state index contributed by atoms with van der Waals surface area (Å²) in [7, 11) is 0. The number of nitrogens with zero attached hydrogens (tertiary/aromatic N) is 1. The van der Waals surface area contributed by atoms with Crippen LogP contribution in [-0.2, 0) is 9.59 Å². The predicted octanol–water partition coefficient (Wildman–Crippen LogP) is 0.987. The molecular weight excluding hydrogens is 286 g/mol. The molecule has 0 saturated carbocycles. The van der Waals surface area contributed by atoms with E-state index < -0.39 is 23.7 Å². The van der Waals surface area contributed by atoms with Crippen molar-refractivity contribution < 1.29 is 19.5 Å². The molecule has 1 unspecified atom stereocenters. The molecule has 2 amide bonds. The number of nitrogens with two attached hydrogens (primary N) is 1. The number of carbonyl (C=O) groups is 3. The van der Waals surface area contributed by atoms with E-state index in [-0.39, 0.29) is 11.3 Å². The topological polar surface area (TPSA) is 122 Å². The number of amides is 2. The lowest BCUT2D eigenvalue weighted by molar-refractivity contribution is -0.127. The standard InChI is InChI=1S/C15H13N3O4/c16-13(19)11(12-10(15(21)22)7-4-8-17-12)14(20)18-9-5-2-1-3-6-9/h1-8,11H,(H2,16,19)(H,18,20)(H,21,22). The maximum atomic E-state index is 12.3. The summed E-state index contributed by atoms with van der Waals surface area (Å²) in [6.07, 6.45) is 1.30. The molecular formula is C15H13N3O4. The number of carboxylic acid groups (broad SMARTS) is 1. The van der Waals surface area contributed by atoms with Crippen molar-refractivity contribution in [3.63, 3.8) is 0 Å². The molecule has 0 fully saturated rings. The van der Waals surface area contributed by atoms with E-state index in [1.807, 2.05) is 0 Å². The average molecular weight is 299 g/mol. The Bertz CT molecular complexity index is 716. The van der Waals surface area contributed by atoms with E-state index in [2.05, 4.69) is 10.3 Å². The molecule has 112 valence electrons. The second kappa shape index (κ2) is 6.49. The highest BCUT2D eigenvalue weighted by molar-refractivity contribution is 6.11. The summed E-state index contributed by atoms with van der Waals surface area (Å²) >= 11 is 0. The second-order valence-electron chi connectivity index (χ2n) is 4.43. The molecule has 4 N–H and O–H groups in total. The molecule has 22 heavy (non-hydrogen) atoms. The van der Waals surface area contributed by atoms with Gasteiger partial charge in [-0.3, -0.25) is 14.6 Å². The van der Waals surface area contributed by atoms with E-state index in [1.54, 1.807) is 30.3 Å². The van der Waals surface area contributed by atoms with Crippen molar-refractivity contribution in [1.29, 1.82) is 0 Å². The van der Waals surface area contributed by atoms with Gasteiger partial charge in [-0.1, -0.05) is 18.2 Å². The summed E-state index contributed by atoms with van der Waals surface area (Å²) < 4.78 is 0. The SMILES string of the molecule is NC(=O)C(C(=O)Nc1ccccc1)c1ncccc1C(=O)O. The van der Waals surface area contributed by atoms with Crippen LogP contribution in [0.3, 0.4) is 0 Å². The maximum Gasteiger partial charge on any atom is 0.337 e. The number of primary amides is 1. The summed E-state index contributed by atoms with van der Waals surface area (Å²) in [4.78, 5) is 39.0. The van der Waals surface area contributed by atoms with Gasteiger partial charge in [0.25, 0.3) is 0 Å². The first kappa shape index (κ1) is 15.2. The maximum absolute atomic E-state index is 12.3. The van der Waals surface area contributed by atoms with Gasteiger partial charge in [0.05, 0.1) is 11.3 Å². The number of rotatable bonds is 5. The Morgan fingerprint density at radius 2 is 1.77 bits per heavy atom. The molecule has 7 heteroatoms. The third-order valence-electron chi connectivity index (χ3n) is 2.93. The minimum Gasteiger partial charge on any atom is -0.478 e. The summed E-state index contributed by atoms with van der Waals surface area (Å²) in [5.74, 6) is -4.50. The monoisotopic (exact) mass is 299 g/mol. The average Bonchev–Trinajstić information content (AvgIpc) is 2.48. The number of hydrogen-bond donors (Lipinski definition) is 3. The first-order valence-electron chi connectivity index (χ1n) is 6.34. The van der Waals surface area contributed by atoms with Crippen molar-refractivity contribution in [2.24, 2.45) is 5.73 Å². The number of carboxylic acids is 1. The molecule has 0 saturated heterocycles. The Kier molecular flexibility index (Phi) is 4.47. The molecule has 1 aromatic carbocycles. The van der Waals surface area contributed by atoms with Crippen molar-refractivity contribution >= 4 is 23.5 Å². The third kappa shape index (κ3) is 3.26. The van der Waals surface area contributed by atoms with Crippen molar-refractivity contribution in [2.45, 2.75) is 5.92 Å². The molecule has 0 aliphatic rings. The number of nitrogens with one attached hydrogen (secondary N) is 1. The Labute approximate surface area is 125 Å². The van der Waals surface area contributed by atoms with Gasteiger partial charge in [-0.25, -0.2) is 4.79 Å². The van der Waals surface area contributed by atoms with Gasteiger partial charge in [-0.2, -0.15) is 0 Å². The zero-order valence-corrected chi connectivity index (χ0v) is 11.4. The summed E-state index contributed by atoms with van der Waals surface area (Å²) in [6.45, 7) is 0. The molecule has 1 heterocycles. The van der Waals surface area contributed by atoms with Crippen LogP contribution in [0.4, 0.5) is 5.69 Å². The smallest absolute Gasteiger partial charge is 0.337 e. The molecule has 2 aromatic rings. The Hall–Kier alpha value is -3.22. The number of carbonyl (C=O) groups excluding carboxylic acids is 2. The number of benzene rings is 1. The van der Waals surface area contributed by atoms with Crippen LogP contribution in [0.5, 0.6) is 0 Å². The Morgan fingerprint density at radius 1 is 1.09 bits per heavy atom. The first-order chi connectivity index (χ1) is 10.5. The number of anilines is 1. The molecule has 1 aromatic heterocycles. The highest BCUT2D eigenvalue weighted by atomic mass is 16.4. The van der Waals surface area contributed by atoms with E-state index in [0.717, 1.165) is 0 Å². The van der Waals surface area contributed by atoms with Crippen LogP contribution in [-0.4, -0.2) is 27.9 Å².